The molecule has 2 aromatic heterocycles. The van der Waals surface area contributed by atoms with Gasteiger partial charge in [-0.05, 0) is 25.0 Å². The fourth-order valence-electron chi connectivity index (χ4n) is 3.88. The van der Waals surface area contributed by atoms with E-state index in [2.05, 4.69) is 9.88 Å². The summed E-state index contributed by atoms with van der Waals surface area (Å²) in [6.07, 6.45) is 9.40. The van der Waals surface area contributed by atoms with Gasteiger partial charge in [-0.3, -0.25) is 4.90 Å². The average Bonchev–Trinajstić information content (AvgIpc) is 3.11. The van der Waals surface area contributed by atoms with Crippen LogP contribution >= 0.6 is 11.3 Å². The molecule has 1 saturated carbocycles. The summed E-state index contributed by atoms with van der Waals surface area (Å²) in [5.74, 6) is 0.762. The summed E-state index contributed by atoms with van der Waals surface area (Å²) in [5.41, 5.74) is 2.44. The third-order valence-corrected chi connectivity index (χ3v) is 6.31. The van der Waals surface area contributed by atoms with E-state index in [1.54, 1.807) is 6.07 Å². The van der Waals surface area contributed by atoms with Gasteiger partial charge in [0.1, 0.15) is 10.7 Å². The average molecular weight is 357 g/mol. The van der Waals surface area contributed by atoms with Gasteiger partial charge in [-0.15, -0.1) is 11.3 Å². The van der Waals surface area contributed by atoms with Crippen LogP contribution in [0.4, 0.5) is 0 Å². The number of aromatic nitrogens is 2. The molecule has 0 atom stereocenters. The second kappa shape index (κ2) is 7.22. The Labute approximate surface area is 151 Å². The maximum Gasteiger partial charge on any atom is 0.345 e. The maximum atomic E-state index is 11.0. The van der Waals surface area contributed by atoms with Crippen molar-refractivity contribution in [3.63, 3.8) is 0 Å². The van der Waals surface area contributed by atoms with Crippen LogP contribution in [0.1, 0.15) is 69.7 Å². The molecule has 5 nitrogen and oxygen atoms in total. The van der Waals surface area contributed by atoms with Crippen molar-refractivity contribution in [2.75, 3.05) is 6.54 Å². The summed E-state index contributed by atoms with van der Waals surface area (Å²) in [5, 5.41) is 9.05. The van der Waals surface area contributed by atoms with Crippen LogP contribution in [-0.2, 0) is 19.5 Å². The van der Waals surface area contributed by atoms with Crippen LogP contribution in [0.15, 0.2) is 18.3 Å². The highest BCUT2D eigenvalue weighted by atomic mass is 32.1. The van der Waals surface area contributed by atoms with Crippen molar-refractivity contribution in [1.82, 2.24) is 14.9 Å². The minimum Gasteiger partial charge on any atom is -0.477 e. The number of hydrogen-bond acceptors (Lipinski definition) is 5. The molecule has 0 amide bonds. The summed E-state index contributed by atoms with van der Waals surface area (Å²) in [4.78, 5) is 24.4. The summed E-state index contributed by atoms with van der Waals surface area (Å²) in [6.45, 7) is 2.61. The Bertz CT molecular complexity index is 768. The number of thiophene rings is 1. The quantitative estimate of drug-likeness (QED) is 0.900. The van der Waals surface area contributed by atoms with Crippen molar-refractivity contribution in [1.29, 1.82) is 0 Å². The zero-order valence-electron chi connectivity index (χ0n) is 14.3. The lowest BCUT2D eigenvalue weighted by molar-refractivity contribution is 0.0702. The van der Waals surface area contributed by atoms with E-state index in [0.717, 1.165) is 36.8 Å². The van der Waals surface area contributed by atoms with Crippen LogP contribution in [0, 0.1) is 0 Å². The number of carboxylic acid groups (broad SMARTS) is 1. The Hall–Kier alpha value is -1.79. The zero-order chi connectivity index (χ0) is 17.2. The smallest absolute Gasteiger partial charge is 0.345 e. The summed E-state index contributed by atoms with van der Waals surface area (Å²) in [7, 11) is 0. The van der Waals surface area contributed by atoms with Crippen LogP contribution in [0.5, 0.6) is 0 Å². The van der Waals surface area contributed by atoms with Gasteiger partial charge in [0.05, 0.1) is 0 Å². The first-order valence-electron chi connectivity index (χ1n) is 9.08. The topological polar surface area (TPSA) is 66.3 Å². The summed E-state index contributed by atoms with van der Waals surface area (Å²) in [6, 6.07) is 3.62. The van der Waals surface area contributed by atoms with Gasteiger partial charge in [-0.25, -0.2) is 14.8 Å². The number of rotatable bonds is 4. The molecule has 1 N–H and O–H groups in total. The van der Waals surface area contributed by atoms with E-state index in [-0.39, 0.29) is 0 Å². The molecule has 0 unspecified atom stereocenters. The van der Waals surface area contributed by atoms with Gasteiger partial charge >= 0.3 is 5.97 Å². The highest BCUT2D eigenvalue weighted by Gasteiger charge is 2.23. The van der Waals surface area contributed by atoms with Crippen molar-refractivity contribution in [3.05, 3.63) is 45.2 Å². The van der Waals surface area contributed by atoms with Crippen molar-refractivity contribution < 1.29 is 9.90 Å². The fraction of sp³-hybridized carbons (Fsp3) is 0.526. The molecule has 1 aliphatic heterocycles. The predicted octanol–water partition coefficient (Wildman–Crippen LogP) is 3.84. The molecule has 2 aliphatic rings. The molecule has 25 heavy (non-hydrogen) atoms. The predicted molar refractivity (Wildman–Crippen MR) is 97.0 cm³/mol. The van der Waals surface area contributed by atoms with Gasteiger partial charge in [0, 0.05) is 54.3 Å². The van der Waals surface area contributed by atoms with Crippen molar-refractivity contribution in [3.8, 4) is 0 Å². The third-order valence-electron chi connectivity index (χ3n) is 5.25. The van der Waals surface area contributed by atoms with Crippen molar-refractivity contribution in [2.45, 2.75) is 57.5 Å². The van der Waals surface area contributed by atoms with Crippen LogP contribution in [0.2, 0.25) is 0 Å². The van der Waals surface area contributed by atoms with Gasteiger partial charge in [0.2, 0.25) is 0 Å². The van der Waals surface area contributed by atoms with Crippen LogP contribution in [0.3, 0.4) is 0 Å². The highest BCUT2D eigenvalue weighted by molar-refractivity contribution is 7.13. The maximum absolute atomic E-state index is 11.0. The molecule has 4 rings (SSSR count). The van der Waals surface area contributed by atoms with Gasteiger partial charge in [-0.1, -0.05) is 19.3 Å². The SMILES string of the molecule is O=C(O)c1ccc(CN2CCc3nc(C4CCCCC4)ncc3C2)s1. The Morgan fingerprint density at radius 3 is 2.88 bits per heavy atom. The number of aromatic carboxylic acids is 1. The van der Waals surface area contributed by atoms with Gasteiger partial charge < -0.3 is 5.11 Å². The first kappa shape index (κ1) is 16.7. The van der Waals surface area contributed by atoms with E-state index >= 15 is 0 Å². The molecule has 132 valence electrons. The molecule has 0 bridgehead atoms. The lowest BCUT2D eigenvalue weighted by atomic mass is 9.88. The summed E-state index contributed by atoms with van der Waals surface area (Å²) < 4.78 is 0. The number of nitrogens with zero attached hydrogens (tertiary/aromatic N) is 3. The Morgan fingerprint density at radius 1 is 1.28 bits per heavy atom. The van der Waals surface area contributed by atoms with Crippen LogP contribution in [-0.4, -0.2) is 32.5 Å². The minimum absolute atomic E-state index is 0.410. The molecule has 1 fully saturated rings. The van der Waals surface area contributed by atoms with Crippen molar-refractivity contribution >= 4 is 17.3 Å². The lowest BCUT2D eigenvalue weighted by Crippen LogP contribution is -2.31. The largest absolute Gasteiger partial charge is 0.477 e. The second-order valence-electron chi connectivity index (χ2n) is 7.07. The van der Waals surface area contributed by atoms with Gasteiger partial charge in [-0.2, -0.15) is 0 Å². The normalized spacial score (nSPS) is 18.9. The highest BCUT2D eigenvalue weighted by Crippen LogP contribution is 2.31. The Balaban J connectivity index is 1.43. The van der Waals surface area contributed by atoms with Crippen LogP contribution in [0.25, 0.3) is 0 Å². The number of hydrogen-bond donors (Lipinski definition) is 1. The van der Waals surface area contributed by atoms with Gasteiger partial charge in [0.25, 0.3) is 0 Å². The van der Waals surface area contributed by atoms with Gasteiger partial charge in [0.15, 0.2) is 0 Å². The number of carbonyl (C=O) groups is 1. The molecule has 0 aromatic carbocycles. The van der Waals surface area contributed by atoms with Crippen LogP contribution < -0.4 is 0 Å². The molecule has 3 heterocycles. The monoisotopic (exact) mass is 357 g/mol. The van der Waals surface area contributed by atoms with E-state index in [1.807, 2.05) is 12.3 Å². The van der Waals surface area contributed by atoms with E-state index in [0.29, 0.717) is 10.8 Å². The number of carboxylic acids is 1. The lowest BCUT2D eigenvalue weighted by Gasteiger charge is -2.28. The number of fused-ring (bicyclic) bond motifs is 1. The molecule has 1 aliphatic carbocycles. The van der Waals surface area contributed by atoms with E-state index in [9.17, 15) is 4.79 Å². The first-order valence-corrected chi connectivity index (χ1v) is 9.90. The Morgan fingerprint density at radius 2 is 2.12 bits per heavy atom. The molecule has 0 spiro atoms. The van der Waals surface area contributed by atoms with E-state index < -0.39 is 5.97 Å². The molecule has 0 saturated heterocycles. The first-order chi connectivity index (χ1) is 12.2. The standard InChI is InChI=1S/C19H23N3O2S/c23-19(24)17-7-6-15(25-17)12-22-9-8-16-14(11-22)10-20-18(21-16)13-4-2-1-3-5-13/h6-7,10,13H,1-5,8-9,11-12H2,(H,23,24). The molecular weight excluding hydrogens is 334 g/mol. The second-order valence-corrected chi connectivity index (χ2v) is 8.24. The fourth-order valence-corrected chi connectivity index (χ4v) is 4.77. The van der Waals surface area contributed by atoms with Crippen molar-refractivity contribution in [2.24, 2.45) is 0 Å². The molecule has 6 heteroatoms. The minimum atomic E-state index is -0.844. The molecule has 0 radical (unpaired) electrons. The molecule has 2 aromatic rings. The summed E-state index contributed by atoms with van der Waals surface area (Å²) >= 11 is 1.36. The zero-order valence-corrected chi connectivity index (χ0v) is 15.1. The third kappa shape index (κ3) is 3.75. The van der Waals surface area contributed by atoms with E-state index in [4.69, 9.17) is 10.1 Å². The molecular formula is C19H23N3O2S. The Kier molecular flexibility index (Phi) is 4.81. The van der Waals surface area contributed by atoms with E-state index in [1.165, 1.54) is 54.7 Å².